The molecule has 1 aromatic carbocycles. The number of barbiturate groups is 1. The molecule has 0 radical (unpaired) electrons. The molecule has 0 bridgehead atoms. The van der Waals surface area contributed by atoms with Crippen molar-refractivity contribution in [2.24, 2.45) is 5.92 Å². The maximum absolute atomic E-state index is 12.9. The molecule has 3 rings (SSSR count). The van der Waals surface area contributed by atoms with Crippen LogP contribution in [-0.2, 0) is 16.0 Å². The molecule has 4 amide bonds. The van der Waals surface area contributed by atoms with E-state index in [0.29, 0.717) is 17.4 Å². The number of halogens is 1. The van der Waals surface area contributed by atoms with Crippen LogP contribution in [0.4, 0.5) is 4.79 Å². The van der Waals surface area contributed by atoms with Crippen LogP contribution < -0.4 is 0 Å². The molecule has 1 heterocycles. The van der Waals surface area contributed by atoms with Gasteiger partial charge in [0.2, 0.25) is 11.8 Å². The highest BCUT2D eigenvalue weighted by Crippen LogP contribution is 2.31. The van der Waals surface area contributed by atoms with Gasteiger partial charge in [0, 0.05) is 17.6 Å². The molecule has 26 heavy (non-hydrogen) atoms. The van der Waals surface area contributed by atoms with Gasteiger partial charge < -0.3 is 0 Å². The summed E-state index contributed by atoms with van der Waals surface area (Å²) in [6.07, 6.45) is 5.88. The quantitative estimate of drug-likeness (QED) is 0.729. The van der Waals surface area contributed by atoms with Crippen LogP contribution in [0.3, 0.4) is 0 Å². The number of urea groups is 1. The molecule has 0 spiro atoms. The number of carbonyl (C=O) groups is 3. The molecule has 1 saturated heterocycles. The normalized spacial score (nSPS) is 20.6. The summed E-state index contributed by atoms with van der Waals surface area (Å²) in [6.45, 7) is 2.20. The zero-order valence-electron chi connectivity index (χ0n) is 15.1. The highest BCUT2D eigenvalue weighted by atomic mass is 35.5. The predicted molar refractivity (Wildman–Crippen MR) is 99.8 cm³/mol. The summed E-state index contributed by atoms with van der Waals surface area (Å²) in [5, 5.41) is 0.626. The Morgan fingerprint density at radius 2 is 1.85 bits per heavy atom. The lowest BCUT2D eigenvalue weighted by Gasteiger charge is -2.40. The van der Waals surface area contributed by atoms with Gasteiger partial charge >= 0.3 is 6.03 Å². The van der Waals surface area contributed by atoms with Gasteiger partial charge in [0.05, 0.1) is 0 Å². The first kappa shape index (κ1) is 18.9. The van der Waals surface area contributed by atoms with E-state index in [1.165, 1.54) is 16.2 Å². The third-order valence-electron chi connectivity index (χ3n) is 5.56. The second-order valence-corrected chi connectivity index (χ2v) is 7.72. The van der Waals surface area contributed by atoms with Gasteiger partial charge in [0.25, 0.3) is 0 Å². The monoisotopic (exact) mass is 376 g/mol. The van der Waals surface area contributed by atoms with Gasteiger partial charge in [-0.15, -0.1) is 0 Å². The number of imide groups is 2. The second kappa shape index (κ2) is 8.21. The molecule has 1 atom stereocenters. The third kappa shape index (κ3) is 4.09. The van der Waals surface area contributed by atoms with Crippen molar-refractivity contribution in [2.45, 2.75) is 57.9 Å². The molecule has 0 unspecified atom stereocenters. The molecule has 1 aliphatic carbocycles. The fourth-order valence-corrected chi connectivity index (χ4v) is 4.25. The van der Waals surface area contributed by atoms with Crippen LogP contribution in [-0.4, -0.2) is 40.2 Å². The Bertz CT molecular complexity index is 700. The van der Waals surface area contributed by atoms with Crippen molar-refractivity contribution in [1.82, 2.24) is 9.80 Å². The van der Waals surface area contributed by atoms with Gasteiger partial charge in [-0.3, -0.25) is 19.4 Å². The first-order valence-corrected chi connectivity index (χ1v) is 9.76. The van der Waals surface area contributed by atoms with Crippen molar-refractivity contribution in [2.75, 3.05) is 6.54 Å². The van der Waals surface area contributed by atoms with Gasteiger partial charge in [-0.2, -0.15) is 0 Å². The van der Waals surface area contributed by atoms with Crippen LogP contribution in [0.1, 0.15) is 51.0 Å². The Morgan fingerprint density at radius 1 is 1.12 bits per heavy atom. The molecule has 140 valence electrons. The van der Waals surface area contributed by atoms with Crippen LogP contribution in [0, 0.1) is 5.92 Å². The minimum absolute atomic E-state index is 0.155. The van der Waals surface area contributed by atoms with Crippen molar-refractivity contribution in [3.63, 3.8) is 0 Å². The summed E-state index contributed by atoms with van der Waals surface area (Å²) < 4.78 is 0. The fraction of sp³-hybridized carbons (Fsp3) is 0.550. The van der Waals surface area contributed by atoms with E-state index in [0.717, 1.165) is 31.2 Å². The predicted octanol–water partition coefficient (Wildman–Crippen LogP) is 4.03. The lowest BCUT2D eigenvalue weighted by atomic mass is 9.83. The molecular weight excluding hydrogens is 352 g/mol. The number of amides is 4. The van der Waals surface area contributed by atoms with E-state index in [9.17, 15) is 14.4 Å². The van der Waals surface area contributed by atoms with Crippen molar-refractivity contribution < 1.29 is 14.4 Å². The second-order valence-electron chi connectivity index (χ2n) is 7.29. The number of rotatable bonds is 5. The Kier molecular flexibility index (Phi) is 5.97. The topological polar surface area (TPSA) is 57.7 Å². The van der Waals surface area contributed by atoms with Crippen molar-refractivity contribution in [1.29, 1.82) is 0 Å². The largest absolute Gasteiger partial charge is 0.333 e. The zero-order valence-corrected chi connectivity index (χ0v) is 15.9. The van der Waals surface area contributed by atoms with Crippen LogP contribution in [0.15, 0.2) is 24.3 Å². The van der Waals surface area contributed by atoms with Gasteiger partial charge in [0.1, 0.15) is 6.42 Å². The highest BCUT2D eigenvalue weighted by Gasteiger charge is 2.42. The summed E-state index contributed by atoms with van der Waals surface area (Å²) in [4.78, 5) is 40.1. The van der Waals surface area contributed by atoms with Gasteiger partial charge in [0.15, 0.2) is 0 Å². The zero-order chi connectivity index (χ0) is 18.7. The maximum atomic E-state index is 12.9. The Hall–Kier alpha value is -1.88. The van der Waals surface area contributed by atoms with Crippen LogP contribution in [0.25, 0.3) is 0 Å². The molecule has 1 saturated carbocycles. The minimum Gasteiger partial charge on any atom is -0.274 e. The summed E-state index contributed by atoms with van der Waals surface area (Å²) in [5.74, 6) is -0.439. The molecule has 2 aliphatic rings. The van der Waals surface area contributed by atoms with Gasteiger partial charge in [-0.05, 0) is 49.8 Å². The number of hydrogen-bond donors (Lipinski definition) is 0. The van der Waals surface area contributed by atoms with E-state index in [2.05, 4.69) is 0 Å². The average molecular weight is 377 g/mol. The number of benzene rings is 1. The summed E-state index contributed by atoms with van der Waals surface area (Å²) in [6, 6.07) is 6.75. The maximum Gasteiger partial charge on any atom is 0.333 e. The Morgan fingerprint density at radius 3 is 2.54 bits per heavy atom. The first-order valence-electron chi connectivity index (χ1n) is 9.38. The number of nitrogens with zero attached hydrogens (tertiary/aromatic N) is 2. The van der Waals surface area contributed by atoms with E-state index < -0.39 is 11.9 Å². The van der Waals surface area contributed by atoms with Crippen LogP contribution in [0.2, 0.25) is 5.02 Å². The standard InChI is InChI=1S/C20H25ClN2O3/c1-14(16-7-3-2-4-8-16)23-19(25)13-18(24)22(20(23)26)11-10-15-6-5-9-17(21)12-15/h5-6,9,12,14,16H,2-4,7-8,10-11,13H2,1H3/t14-/m1/s1. The molecule has 0 aromatic heterocycles. The smallest absolute Gasteiger partial charge is 0.274 e. The van der Waals surface area contributed by atoms with Crippen molar-refractivity contribution >= 4 is 29.4 Å². The fourth-order valence-electron chi connectivity index (χ4n) is 4.04. The van der Waals surface area contributed by atoms with E-state index in [-0.39, 0.29) is 24.9 Å². The van der Waals surface area contributed by atoms with Crippen LogP contribution in [0.5, 0.6) is 0 Å². The van der Waals surface area contributed by atoms with Crippen molar-refractivity contribution in [3.8, 4) is 0 Å². The Balaban J connectivity index is 1.70. The Labute approximate surface area is 159 Å². The molecule has 0 N–H and O–H groups in total. The molecule has 1 aromatic rings. The minimum atomic E-state index is -0.466. The molecule has 2 fully saturated rings. The van der Waals surface area contributed by atoms with E-state index in [1.807, 2.05) is 25.1 Å². The third-order valence-corrected chi connectivity index (χ3v) is 5.80. The van der Waals surface area contributed by atoms with Gasteiger partial charge in [-0.1, -0.05) is 43.0 Å². The number of carbonyl (C=O) groups excluding carboxylic acids is 3. The number of hydrogen-bond acceptors (Lipinski definition) is 3. The average Bonchev–Trinajstić information content (AvgIpc) is 2.62. The van der Waals surface area contributed by atoms with Gasteiger partial charge in [-0.25, -0.2) is 4.79 Å². The molecule has 6 heteroatoms. The first-order chi connectivity index (χ1) is 12.5. The lowest BCUT2D eigenvalue weighted by Crippen LogP contribution is -2.59. The molecular formula is C20H25ClN2O3. The molecule has 5 nitrogen and oxygen atoms in total. The van der Waals surface area contributed by atoms with E-state index in [1.54, 1.807) is 6.07 Å². The summed E-state index contributed by atoms with van der Waals surface area (Å²) >= 11 is 5.99. The highest BCUT2D eigenvalue weighted by molar-refractivity contribution is 6.30. The SMILES string of the molecule is C[C@H](C1CCCCC1)N1C(=O)CC(=O)N(CCc2cccc(Cl)c2)C1=O. The molecule has 1 aliphatic heterocycles. The summed E-state index contributed by atoms with van der Waals surface area (Å²) in [5.41, 5.74) is 0.960. The summed E-state index contributed by atoms with van der Waals surface area (Å²) in [7, 11) is 0. The van der Waals surface area contributed by atoms with Crippen LogP contribution >= 0.6 is 11.6 Å². The van der Waals surface area contributed by atoms with E-state index in [4.69, 9.17) is 11.6 Å². The lowest BCUT2D eigenvalue weighted by molar-refractivity contribution is -0.144. The van der Waals surface area contributed by atoms with Crippen molar-refractivity contribution in [3.05, 3.63) is 34.9 Å². The van der Waals surface area contributed by atoms with E-state index >= 15 is 0 Å².